The largest absolute Gasteiger partial charge is 0.150 e. The molecule has 264 valence electrons. The van der Waals surface area contributed by atoms with E-state index >= 15 is 0 Å². The van der Waals surface area contributed by atoms with Gasteiger partial charge in [-0.3, -0.25) is 0 Å². The van der Waals surface area contributed by atoms with Crippen molar-refractivity contribution in [3.8, 4) is 30.6 Å². The maximum Gasteiger partial charge on any atom is 0.114 e. The van der Waals surface area contributed by atoms with Crippen molar-refractivity contribution in [1.82, 2.24) is 0 Å². The molecule has 11 heterocycles. The summed E-state index contributed by atoms with van der Waals surface area (Å²) in [5.74, 6) is 0. The molecule has 52 heavy (non-hydrogen) atoms. The molecule has 3 aliphatic rings. The normalized spacial score (nSPS) is 13.2. The van der Waals surface area contributed by atoms with Crippen molar-refractivity contribution in [3.63, 3.8) is 0 Å². The summed E-state index contributed by atoms with van der Waals surface area (Å²) in [6.45, 7) is 13.2. The maximum atomic E-state index is 2.40. The molecular weight excluding hydrogens is 837 g/mol. The molecule has 9 aromatic heterocycles. The average molecular weight is 876 g/mol. The highest BCUT2D eigenvalue weighted by molar-refractivity contribution is 7.38. The van der Waals surface area contributed by atoms with Crippen molar-refractivity contribution in [1.29, 1.82) is 0 Å². The van der Waals surface area contributed by atoms with Gasteiger partial charge < -0.3 is 0 Å². The standard InChI is InChI=1S/C11H10S2.C10H8S3.2C10H10S2Si/c1-2-8-4-6-12-10(8)11-9(3-1)5-7-13-11;2*1-5-3-7-9(11-5)10-8(13-7)4-6(2)12-10;1-5-3-7-8-4-6(2)12-10(8)13-9(7)11-5/h4-7H,1-3H2;3-4H,1-2H3;2*3-4H,13H2,1-2H3. The summed E-state index contributed by atoms with van der Waals surface area (Å²) in [4.78, 5) is 15.0. The van der Waals surface area contributed by atoms with Gasteiger partial charge in [-0.15, -0.1) is 102 Å². The molecule has 0 saturated carbocycles. The predicted octanol–water partition coefficient (Wildman–Crippen LogP) is 11.8. The first-order valence-corrected chi connectivity index (χ1v) is 27.9. The molecule has 12 rings (SSSR count). The smallest absolute Gasteiger partial charge is 0.114 e. The van der Waals surface area contributed by atoms with Crippen molar-refractivity contribution >= 4 is 159 Å². The van der Waals surface area contributed by atoms with Gasteiger partial charge in [0.25, 0.3) is 0 Å². The number of thiophene rings is 9. The molecule has 0 fully saturated rings. The third-order valence-electron chi connectivity index (χ3n) is 9.59. The van der Waals surface area contributed by atoms with E-state index in [1.807, 2.05) is 102 Å². The minimum Gasteiger partial charge on any atom is -0.150 e. The van der Waals surface area contributed by atoms with Crippen LogP contribution in [0.4, 0.5) is 0 Å². The zero-order valence-corrected chi connectivity index (χ0v) is 40.2. The molecule has 0 amide bonds. The Bertz CT molecular complexity index is 2430. The topological polar surface area (TPSA) is 0 Å². The Hall–Kier alpha value is -1.75. The fourth-order valence-electron chi connectivity index (χ4n) is 7.48. The summed E-state index contributed by atoms with van der Waals surface area (Å²) in [5, 5.41) is 7.81. The van der Waals surface area contributed by atoms with Crippen LogP contribution in [0.25, 0.3) is 49.4 Å². The zero-order valence-electron chi connectivity index (χ0n) is 30.0. The highest BCUT2D eigenvalue weighted by Crippen LogP contribution is 2.43. The molecule has 1 aliphatic carbocycles. The first-order valence-electron chi connectivity index (χ1n) is 17.6. The highest BCUT2D eigenvalue weighted by atomic mass is 32.1. The molecule has 0 radical (unpaired) electrons. The molecule has 0 N–H and O–H groups in total. The van der Waals surface area contributed by atoms with Gasteiger partial charge in [0.2, 0.25) is 0 Å². The second kappa shape index (κ2) is 14.7. The van der Waals surface area contributed by atoms with Crippen LogP contribution in [0.5, 0.6) is 0 Å². The van der Waals surface area contributed by atoms with E-state index in [4.69, 9.17) is 0 Å². The summed E-state index contributed by atoms with van der Waals surface area (Å²) in [7, 11) is -0.179. The van der Waals surface area contributed by atoms with E-state index in [0.29, 0.717) is 0 Å². The lowest BCUT2D eigenvalue weighted by Gasteiger charge is -1.96. The van der Waals surface area contributed by atoms with Crippen molar-refractivity contribution in [2.24, 2.45) is 0 Å². The molecule has 0 saturated heterocycles. The molecule has 0 bridgehead atoms. The minimum absolute atomic E-state index is 0.0814. The Balaban J connectivity index is 0.0000000923. The Kier molecular flexibility index (Phi) is 10.2. The Morgan fingerprint density at radius 3 is 1.37 bits per heavy atom. The van der Waals surface area contributed by atoms with E-state index in [9.17, 15) is 0 Å². The van der Waals surface area contributed by atoms with Crippen LogP contribution in [0.2, 0.25) is 0 Å². The van der Waals surface area contributed by atoms with Gasteiger partial charge in [0.05, 0.1) is 18.9 Å². The van der Waals surface area contributed by atoms with Gasteiger partial charge in [-0.05, 0) is 162 Å². The van der Waals surface area contributed by atoms with E-state index < -0.39 is 0 Å². The molecule has 0 aromatic carbocycles. The molecule has 0 nitrogen and oxygen atoms in total. The zero-order chi connectivity index (χ0) is 35.7. The highest BCUT2D eigenvalue weighted by Gasteiger charge is 2.24. The third-order valence-corrected chi connectivity index (χ3v) is 25.0. The van der Waals surface area contributed by atoms with Crippen LogP contribution in [0.1, 0.15) is 46.8 Å². The minimum atomic E-state index is -0.0976. The summed E-state index contributed by atoms with van der Waals surface area (Å²) in [6, 6.07) is 18.7. The van der Waals surface area contributed by atoms with E-state index in [-0.39, 0.29) is 19.0 Å². The van der Waals surface area contributed by atoms with E-state index in [0.717, 1.165) is 0 Å². The van der Waals surface area contributed by atoms with Gasteiger partial charge in [0, 0.05) is 58.2 Å². The summed E-state index contributed by atoms with van der Waals surface area (Å²) >= 11 is 17.5. The molecule has 2 aliphatic heterocycles. The van der Waals surface area contributed by atoms with Crippen LogP contribution in [0, 0.1) is 41.5 Å². The van der Waals surface area contributed by atoms with E-state index in [1.165, 1.54) is 77.1 Å². The van der Waals surface area contributed by atoms with Crippen molar-refractivity contribution in [2.45, 2.75) is 60.8 Å². The van der Waals surface area contributed by atoms with Crippen LogP contribution >= 0.6 is 102 Å². The summed E-state index contributed by atoms with van der Waals surface area (Å²) in [6.07, 6.45) is 3.84. The molecule has 0 atom stereocenters. The first kappa shape index (κ1) is 35.9. The van der Waals surface area contributed by atoms with E-state index in [1.54, 1.807) is 51.4 Å². The number of hydrogen-bond acceptors (Lipinski definition) is 9. The number of rotatable bonds is 0. The molecular formula is C41H38S9Si2. The lowest BCUT2D eigenvalue weighted by atomic mass is 10.1. The molecule has 9 aromatic rings. The molecule has 0 spiro atoms. The van der Waals surface area contributed by atoms with Gasteiger partial charge in [-0.1, -0.05) is 0 Å². The average Bonchev–Trinajstić information content (AvgIpc) is 3.91. The quantitative estimate of drug-likeness (QED) is 0.133. The van der Waals surface area contributed by atoms with Crippen molar-refractivity contribution < 1.29 is 0 Å². The van der Waals surface area contributed by atoms with Crippen LogP contribution in [-0.4, -0.2) is 19.0 Å². The number of hydrogen-bond donors (Lipinski definition) is 0. The summed E-state index contributed by atoms with van der Waals surface area (Å²) in [5.41, 5.74) is 6.25. The fourth-order valence-corrected chi connectivity index (χ4v) is 24.9. The van der Waals surface area contributed by atoms with Crippen LogP contribution < -0.4 is 19.4 Å². The fraction of sp³-hybridized carbons (Fsp3) is 0.220. The van der Waals surface area contributed by atoms with Gasteiger partial charge in [-0.2, -0.15) is 0 Å². The Morgan fingerprint density at radius 1 is 0.442 bits per heavy atom. The lowest BCUT2D eigenvalue weighted by molar-refractivity contribution is 0.837. The second-order valence-corrected chi connectivity index (χ2v) is 29.1. The van der Waals surface area contributed by atoms with Crippen LogP contribution in [0.3, 0.4) is 0 Å². The first-order chi connectivity index (χ1) is 25.2. The van der Waals surface area contributed by atoms with Gasteiger partial charge in [0.1, 0.15) is 9.52 Å². The SMILES string of the molecule is Cc1cc2c(s1)-c1sc(C)cc1[SiH2]2.Cc1cc2c(s1)[SiH2]c1sc(C)cc1-2.Cc1cc2sc3cc(C)sc3c2s1.c1cc2c(s1)-c1sccc1CCC2. The van der Waals surface area contributed by atoms with Gasteiger partial charge in [-0.25, -0.2) is 0 Å². The predicted molar refractivity (Wildman–Crippen MR) is 254 cm³/mol. The lowest BCUT2D eigenvalue weighted by Crippen LogP contribution is -2.18. The number of aryl methyl sites for hydroxylation is 8. The molecule has 11 heteroatoms. The third kappa shape index (κ3) is 6.98. The van der Waals surface area contributed by atoms with Gasteiger partial charge >= 0.3 is 0 Å². The second-order valence-electron chi connectivity index (χ2n) is 13.8. The Labute approximate surface area is 346 Å². The molecule has 0 unspecified atom stereocenters. The Morgan fingerprint density at radius 2 is 0.885 bits per heavy atom. The van der Waals surface area contributed by atoms with Crippen molar-refractivity contribution in [3.05, 3.63) is 99.7 Å². The van der Waals surface area contributed by atoms with Crippen LogP contribution in [0.15, 0.2) is 59.3 Å². The number of fused-ring (bicyclic) bond motifs is 12. The van der Waals surface area contributed by atoms with E-state index in [2.05, 4.69) is 101 Å². The van der Waals surface area contributed by atoms with Crippen molar-refractivity contribution in [2.75, 3.05) is 0 Å². The van der Waals surface area contributed by atoms with Gasteiger partial charge in [0.15, 0.2) is 0 Å². The van der Waals surface area contributed by atoms with Crippen LogP contribution in [-0.2, 0) is 12.8 Å². The summed E-state index contributed by atoms with van der Waals surface area (Å²) < 4.78 is 9.33. The maximum absolute atomic E-state index is 2.40. The monoisotopic (exact) mass is 874 g/mol.